The van der Waals surface area contributed by atoms with Gasteiger partial charge < -0.3 is 29.4 Å². The second-order valence-electron chi connectivity index (χ2n) is 11.0. The van der Waals surface area contributed by atoms with Crippen LogP contribution in [0.3, 0.4) is 0 Å². The van der Waals surface area contributed by atoms with Crippen molar-refractivity contribution < 1.29 is 19.0 Å². The van der Waals surface area contributed by atoms with Crippen molar-refractivity contribution in [2.45, 2.75) is 65.2 Å². The maximum absolute atomic E-state index is 14.2. The fraction of sp³-hybridized carbons (Fsp3) is 0.481. The summed E-state index contributed by atoms with van der Waals surface area (Å²) in [5.74, 6) is 0.353. The van der Waals surface area contributed by atoms with Gasteiger partial charge in [-0.15, -0.1) is 0 Å². The van der Waals surface area contributed by atoms with Crippen molar-refractivity contribution in [2.24, 2.45) is 0 Å². The summed E-state index contributed by atoms with van der Waals surface area (Å²) in [6.07, 6.45) is 0. The van der Waals surface area contributed by atoms with Gasteiger partial charge in [-0.3, -0.25) is 4.79 Å². The molecule has 0 bridgehead atoms. The molecule has 5 rings (SSSR count). The first-order valence-electron chi connectivity index (χ1n) is 12.8. The number of nitrogens with two attached hydrogens (primary N) is 1. The lowest BCUT2D eigenvalue weighted by molar-refractivity contribution is 0.0268. The van der Waals surface area contributed by atoms with Gasteiger partial charge in [0.1, 0.15) is 18.2 Å². The fourth-order valence-electron chi connectivity index (χ4n) is 5.15. The van der Waals surface area contributed by atoms with Crippen LogP contribution in [0.15, 0.2) is 24.3 Å². The Bertz CT molecular complexity index is 1340. The molecule has 2 N–H and O–H groups in total. The van der Waals surface area contributed by atoms with E-state index in [0.29, 0.717) is 61.6 Å². The van der Waals surface area contributed by atoms with E-state index in [4.69, 9.17) is 31.5 Å². The van der Waals surface area contributed by atoms with Gasteiger partial charge in [-0.05, 0) is 42.3 Å². The van der Waals surface area contributed by atoms with E-state index in [0.717, 1.165) is 33.8 Å². The molecule has 0 fully saturated rings. The number of likely N-dealkylation sites (N-methyl/N-ethyl adjacent to an activating group) is 1. The van der Waals surface area contributed by atoms with Gasteiger partial charge in [0.15, 0.2) is 0 Å². The molecule has 1 amide bonds. The molecule has 0 spiro atoms. The second kappa shape index (κ2) is 10.4. The number of rotatable bonds is 8. The Balaban J connectivity index is 1.54. The van der Waals surface area contributed by atoms with Gasteiger partial charge >= 0.3 is 0 Å². The summed E-state index contributed by atoms with van der Waals surface area (Å²) in [7, 11) is -1.26. The van der Waals surface area contributed by atoms with Crippen LogP contribution in [-0.4, -0.2) is 48.2 Å². The molecule has 2 aromatic heterocycles. The Morgan fingerprint density at radius 2 is 2.00 bits per heavy atom. The standard InChI is InChI=1S/C27H35ClN4O4Si/c1-5-31(24-15-35-12-17-10-18(28)6-7-19(17)24)27(33)23-11-22-25(20-13-36-14-21(20)26(29)30-22)32(23)16-34-8-9-37(2,3)4/h6-7,10-11,24H,5,8-9,12-16H2,1-4H3,(H2,29,30). The van der Waals surface area contributed by atoms with Crippen LogP contribution in [0.4, 0.5) is 5.82 Å². The molecule has 37 heavy (non-hydrogen) atoms. The molecule has 198 valence electrons. The van der Waals surface area contributed by atoms with E-state index < -0.39 is 8.07 Å². The molecule has 1 aromatic carbocycles. The number of carbonyl (C=O) groups excluding carboxylic acids is 1. The Kier molecular flexibility index (Phi) is 7.35. The lowest BCUT2D eigenvalue weighted by Gasteiger charge is -2.35. The van der Waals surface area contributed by atoms with E-state index in [2.05, 4.69) is 24.6 Å². The van der Waals surface area contributed by atoms with E-state index in [1.165, 1.54) is 0 Å². The fourth-order valence-corrected chi connectivity index (χ4v) is 6.11. The second-order valence-corrected chi connectivity index (χ2v) is 17.0. The summed E-state index contributed by atoms with van der Waals surface area (Å²) < 4.78 is 19.7. The minimum atomic E-state index is -1.26. The lowest BCUT2D eigenvalue weighted by Crippen LogP contribution is -2.40. The van der Waals surface area contributed by atoms with Crippen molar-refractivity contribution in [3.63, 3.8) is 0 Å². The lowest BCUT2D eigenvalue weighted by atomic mass is 9.97. The van der Waals surface area contributed by atoms with Crippen LogP contribution in [0, 0.1) is 0 Å². The third kappa shape index (κ3) is 5.15. The van der Waals surface area contributed by atoms with Gasteiger partial charge in [0.05, 0.1) is 43.5 Å². The number of amides is 1. The number of carbonyl (C=O) groups is 1. The monoisotopic (exact) mass is 542 g/mol. The van der Waals surface area contributed by atoms with Crippen molar-refractivity contribution >= 4 is 42.4 Å². The average Bonchev–Trinajstić information content (AvgIpc) is 3.47. The number of aromatic nitrogens is 2. The third-order valence-electron chi connectivity index (χ3n) is 7.18. The summed E-state index contributed by atoms with van der Waals surface area (Å²) in [6.45, 7) is 12.2. The number of hydrogen-bond donors (Lipinski definition) is 1. The largest absolute Gasteiger partial charge is 0.383 e. The molecule has 8 nitrogen and oxygen atoms in total. The number of nitrogens with zero attached hydrogens (tertiary/aromatic N) is 3. The quantitative estimate of drug-likeness (QED) is 0.305. The number of halogens is 1. The predicted octanol–water partition coefficient (Wildman–Crippen LogP) is 5.35. The van der Waals surface area contributed by atoms with Gasteiger partial charge in [-0.1, -0.05) is 37.3 Å². The number of benzene rings is 1. The van der Waals surface area contributed by atoms with Crippen LogP contribution >= 0.6 is 11.6 Å². The first-order chi connectivity index (χ1) is 17.7. The van der Waals surface area contributed by atoms with E-state index in [1.807, 2.05) is 40.7 Å². The van der Waals surface area contributed by atoms with Crippen LogP contribution in [0.2, 0.25) is 30.7 Å². The van der Waals surface area contributed by atoms with E-state index in [1.54, 1.807) is 0 Å². The first kappa shape index (κ1) is 26.2. The summed E-state index contributed by atoms with van der Waals surface area (Å²) in [6, 6.07) is 8.45. The maximum Gasteiger partial charge on any atom is 0.271 e. The van der Waals surface area contributed by atoms with Crippen LogP contribution < -0.4 is 5.73 Å². The van der Waals surface area contributed by atoms with Gasteiger partial charge in [0.2, 0.25) is 0 Å². The predicted molar refractivity (Wildman–Crippen MR) is 147 cm³/mol. The van der Waals surface area contributed by atoms with Crippen molar-refractivity contribution in [2.75, 3.05) is 25.5 Å². The summed E-state index contributed by atoms with van der Waals surface area (Å²) in [4.78, 5) is 20.7. The highest BCUT2D eigenvalue weighted by atomic mass is 35.5. The molecular formula is C27H35ClN4O4Si. The molecule has 2 aliphatic heterocycles. The number of fused-ring (bicyclic) bond motifs is 4. The molecule has 1 atom stereocenters. The molecule has 10 heteroatoms. The smallest absolute Gasteiger partial charge is 0.271 e. The Hall–Kier alpha value is -2.43. The Morgan fingerprint density at radius 3 is 2.76 bits per heavy atom. The number of hydrogen-bond acceptors (Lipinski definition) is 6. The minimum Gasteiger partial charge on any atom is -0.383 e. The van der Waals surface area contributed by atoms with Gasteiger partial charge in [0.25, 0.3) is 5.91 Å². The SMILES string of the molecule is CCN(C(=O)c1cc2nc(N)c3c(c2n1COCC[Si](C)(C)C)COC3)C1COCc2cc(Cl)ccc21. The van der Waals surface area contributed by atoms with Crippen molar-refractivity contribution in [3.05, 3.63) is 57.2 Å². The van der Waals surface area contributed by atoms with Crippen molar-refractivity contribution in [3.8, 4) is 0 Å². The van der Waals surface area contributed by atoms with E-state index >= 15 is 0 Å². The highest BCUT2D eigenvalue weighted by Gasteiger charge is 2.33. The molecule has 0 radical (unpaired) electrons. The molecule has 0 saturated heterocycles. The van der Waals surface area contributed by atoms with Gasteiger partial charge in [-0.2, -0.15) is 0 Å². The van der Waals surface area contributed by atoms with E-state index in [9.17, 15) is 4.79 Å². The molecule has 4 heterocycles. The molecule has 2 aliphatic rings. The number of ether oxygens (including phenoxy) is 3. The van der Waals surface area contributed by atoms with Gasteiger partial charge in [0, 0.05) is 37.4 Å². The molecule has 0 aliphatic carbocycles. The highest BCUT2D eigenvalue weighted by Crippen LogP contribution is 2.36. The van der Waals surface area contributed by atoms with Gasteiger partial charge in [-0.25, -0.2) is 4.98 Å². The number of anilines is 1. The van der Waals surface area contributed by atoms with E-state index in [-0.39, 0.29) is 18.7 Å². The molecule has 1 unspecified atom stereocenters. The van der Waals surface area contributed by atoms with Crippen LogP contribution in [0.5, 0.6) is 0 Å². The average molecular weight is 543 g/mol. The summed E-state index contributed by atoms with van der Waals surface area (Å²) in [5, 5.41) is 0.660. The zero-order chi connectivity index (χ0) is 26.3. The van der Waals surface area contributed by atoms with Crippen molar-refractivity contribution in [1.29, 1.82) is 0 Å². The number of nitrogen functional groups attached to an aromatic ring is 1. The third-order valence-corrected chi connectivity index (χ3v) is 9.12. The topological polar surface area (TPSA) is 91.8 Å². The highest BCUT2D eigenvalue weighted by molar-refractivity contribution is 6.76. The zero-order valence-electron chi connectivity index (χ0n) is 22.0. The summed E-state index contributed by atoms with van der Waals surface area (Å²) in [5.41, 5.74) is 12.3. The van der Waals surface area contributed by atoms with Crippen LogP contribution in [0.1, 0.15) is 45.7 Å². The van der Waals surface area contributed by atoms with Crippen LogP contribution in [0.25, 0.3) is 11.0 Å². The van der Waals surface area contributed by atoms with Crippen LogP contribution in [-0.2, 0) is 40.8 Å². The maximum atomic E-state index is 14.2. The zero-order valence-corrected chi connectivity index (χ0v) is 23.7. The summed E-state index contributed by atoms with van der Waals surface area (Å²) >= 11 is 6.23. The molecule has 0 saturated carbocycles. The normalized spacial score (nSPS) is 17.2. The minimum absolute atomic E-state index is 0.100. The number of pyridine rings is 1. The Labute approximate surface area is 223 Å². The first-order valence-corrected chi connectivity index (χ1v) is 16.9. The van der Waals surface area contributed by atoms with Crippen molar-refractivity contribution in [1.82, 2.24) is 14.5 Å². The molecule has 3 aromatic rings. The molecular weight excluding hydrogens is 508 g/mol. The Morgan fingerprint density at radius 1 is 1.22 bits per heavy atom.